The Balaban J connectivity index is 1.63. The monoisotopic (exact) mass is 379 g/mol. The van der Waals surface area contributed by atoms with E-state index in [9.17, 15) is 9.59 Å². The molecule has 2 amide bonds. The van der Waals surface area contributed by atoms with Crippen LogP contribution in [-0.2, 0) is 16.1 Å². The topological polar surface area (TPSA) is 61.4 Å². The summed E-state index contributed by atoms with van der Waals surface area (Å²) in [6.07, 6.45) is 0.159. The molecule has 2 heterocycles. The number of rotatable bonds is 5. The van der Waals surface area contributed by atoms with Crippen molar-refractivity contribution in [3.63, 3.8) is 0 Å². The molecule has 1 aliphatic heterocycles. The fraction of sp³-hybridized carbons (Fsp3) is 0.444. The normalized spacial score (nSPS) is 18.6. The average Bonchev–Trinajstić information content (AvgIpc) is 2.91. The zero-order valence-corrected chi connectivity index (χ0v) is 15.9. The molecule has 1 unspecified atom stereocenters. The molecule has 5 nitrogen and oxygen atoms in total. The average molecular weight is 380 g/mol. The lowest BCUT2D eigenvalue weighted by molar-refractivity contribution is -0.134. The minimum Gasteiger partial charge on any atom is -0.353 e. The number of piperazine rings is 1. The van der Waals surface area contributed by atoms with Crippen molar-refractivity contribution in [2.45, 2.75) is 38.9 Å². The summed E-state index contributed by atoms with van der Waals surface area (Å²) in [5.41, 5.74) is 0. The molecule has 1 aliphatic rings. The van der Waals surface area contributed by atoms with E-state index in [1.54, 1.807) is 11.3 Å². The standard InChI is InChI=1S/C18H22ClN3O2S/c1-11(2)22-8-7-20-18(24)13(22)9-16(23)21-10-15-17(19)12-5-3-4-6-14(12)25-15/h3-6,11,13H,7-10H2,1-2H3,(H,20,24)(H,21,23). The van der Waals surface area contributed by atoms with Gasteiger partial charge in [-0.25, -0.2) is 0 Å². The van der Waals surface area contributed by atoms with Crippen molar-refractivity contribution in [3.8, 4) is 0 Å². The molecule has 1 aromatic heterocycles. The SMILES string of the molecule is CC(C)N1CCNC(=O)C1CC(=O)NCc1sc2ccccc2c1Cl. The number of fused-ring (bicyclic) bond motifs is 1. The Kier molecular flexibility index (Phi) is 5.61. The highest BCUT2D eigenvalue weighted by atomic mass is 35.5. The van der Waals surface area contributed by atoms with Gasteiger partial charge in [-0.2, -0.15) is 0 Å². The van der Waals surface area contributed by atoms with Crippen LogP contribution in [0, 0.1) is 0 Å². The van der Waals surface area contributed by atoms with Crippen molar-refractivity contribution in [1.29, 1.82) is 0 Å². The van der Waals surface area contributed by atoms with Crippen LogP contribution in [0.4, 0.5) is 0 Å². The zero-order valence-electron chi connectivity index (χ0n) is 14.3. The van der Waals surface area contributed by atoms with Crippen LogP contribution in [0.1, 0.15) is 25.1 Å². The first-order chi connectivity index (χ1) is 12.0. The number of amides is 2. The Morgan fingerprint density at radius 3 is 2.92 bits per heavy atom. The molecule has 2 aromatic rings. The van der Waals surface area contributed by atoms with E-state index in [0.717, 1.165) is 21.5 Å². The third-order valence-corrected chi connectivity index (χ3v) is 6.18. The number of nitrogens with zero attached hydrogens (tertiary/aromatic N) is 1. The van der Waals surface area contributed by atoms with Gasteiger partial charge in [-0.05, 0) is 19.9 Å². The summed E-state index contributed by atoms with van der Waals surface area (Å²) in [6, 6.07) is 7.73. The third-order valence-electron chi connectivity index (χ3n) is 4.46. The van der Waals surface area contributed by atoms with E-state index in [4.69, 9.17) is 11.6 Å². The lowest BCUT2D eigenvalue weighted by Crippen LogP contribution is -2.58. The molecule has 1 atom stereocenters. The molecule has 0 radical (unpaired) electrons. The summed E-state index contributed by atoms with van der Waals surface area (Å²) in [5.74, 6) is -0.212. The fourth-order valence-corrected chi connectivity index (χ4v) is 4.60. The van der Waals surface area contributed by atoms with Crippen molar-refractivity contribution in [3.05, 3.63) is 34.2 Å². The van der Waals surface area contributed by atoms with E-state index >= 15 is 0 Å². The highest BCUT2D eigenvalue weighted by molar-refractivity contribution is 7.19. The number of carbonyl (C=O) groups excluding carboxylic acids is 2. The lowest BCUT2D eigenvalue weighted by atomic mass is 10.1. The second kappa shape index (κ2) is 7.72. The quantitative estimate of drug-likeness (QED) is 0.839. The van der Waals surface area contributed by atoms with Crippen LogP contribution in [0.25, 0.3) is 10.1 Å². The van der Waals surface area contributed by atoms with Gasteiger partial charge >= 0.3 is 0 Å². The Morgan fingerprint density at radius 2 is 2.20 bits per heavy atom. The fourth-order valence-electron chi connectivity index (χ4n) is 3.17. The first-order valence-corrected chi connectivity index (χ1v) is 9.63. The third kappa shape index (κ3) is 3.97. The van der Waals surface area contributed by atoms with Gasteiger partial charge in [0.2, 0.25) is 11.8 Å². The molecular formula is C18H22ClN3O2S. The van der Waals surface area contributed by atoms with E-state index in [-0.39, 0.29) is 24.3 Å². The molecule has 0 saturated carbocycles. The number of halogens is 1. The molecule has 1 fully saturated rings. The number of hydrogen-bond donors (Lipinski definition) is 2. The second-order valence-corrected chi connectivity index (χ2v) is 7.97. The van der Waals surface area contributed by atoms with E-state index in [0.29, 0.717) is 18.1 Å². The molecule has 1 saturated heterocycles. The minimum absolute atomic E-state index is 0.0741. The summed E-state index contributed by atoms with van der Waals surface area (Å²) in [7, 11) is 0. The number of carbonyl (C=O) groups is 2. The van der Waals surface area contributed by atoms with Gasteiger partial charge in [0.15, 0.2) is 0 Å². The van der Waals surface area contributed by atoms with Crippen LogP contribution in [0.2, 0.25) is 5.02 Å². The predicted octanol–water partition coefficient (Wildman–Crippen LogP) is 2.77. The molecule has 2 N–H and O–H groups in total. The number of nitrogens with one attached hydrogen (secondary N) is 2. The van der Waals surface area contributed by atoms with Crippen LogP contribution in [0.3, 0.4) is 0 Å². The van der Waals surface area contributed by atoms with E-state index in [1.807, 2.05) is 38.1 Å². The van der Waals surface area contributed by atoms with Crippen LogP contribution in [0.5, 0.6) is 0 Å². The molecule has 0 aliphatic carbocycles. The summed E-state index contributed by atoms with van der Waals surface area (Å²) in [5, 5.41) is 7.46. The summed E-state index contributed by atoms with van der Waals surface area (Å²) in [4.78, 5) is 27.5. The molecular weight excluding hydrogens is 358 g/mol. The molecule has 3 rings (SSSR count). The number of benzene rings is 1. The maximum Gasteiger partial charge on any atom is 0.237 e. The largest absolute Gasteiger partial charge is 0.353 e. The Morgan fingerprint density at radius 1 is 1.44 bits per heavy atom. The van der Waals surface area contributed by atoms with E-state index in [2.05, 4.69) is 15.5 Å². The van der Waals surface area contributed by atoms with Crippen molar-refractivity contribution in [1.82, 2.24) is 15.5 Å². The van der Waals surface area contributed by atoms with Crippen LogP contribution >= 0.6 is 22.9 Å². The highest BCUT2D eigenvalue weighted by Gasteiger charge is 2.32. The first kappa shape index (κ1) is 18.2. The second-order valence-electron chi connectivity index (χ2n) is 6.45. The first-order valence-electron chi connectivity index (χ1n) is 8.43. The van der Waals surface area contributed by atoms with Crippen LogP contribution < -0.4 is 10.6 Å². The van der Waals surface area contributed by atoms with Gasteiger partial charge in [0, 0.05) is 34.1 Å². The van der Waals surface area contributed by atoms with Gasteiger partial charge in [0.25, 0.3) is 0 Å². The molecule has 134 valence electrons. The summed E-state index contributed by atoms with van der Waals surface area (Å²) < 4.78 is 1.11. The molecule has 7 heteroatoms. The van der Waals surface area contributed by atoms with E-state index in [1.165, 1.54) is 0 Å². The smallest absolute Gasteiger partial charge is 0.237 e. The van der Waals surface area contributed by atoms with Crippen LogP contribution in [-0.4, -0.2) is 41.9 Å². The van der Waals surface area contributed by atoms with Crippen molar-refractivity contribution in [2.24, 2.45) is 0 Å². The molecule has 0 spiro atoms. The lowest BCUT2D eigenvalue weighted by Gasteiger charge is -2.37. The maximum absolute atomic E-state index is 12.4. The maximum atomic E-state index is 12.4. The van der Waals surface area contributed by atoms with Gasteiger partial charge in [0.05, 0.1) is 24.0 Å². The molecule has 0 bridgehead atoms. The van der Waals surface area contributed by atoms with Gasteiger partial charge in [-0.15, -0.1) is 11.3 Å². The summed E-state index contributed by atoms with van der Waals surface area (Å²) >= 11 is 7.99. The predicted molar refractivity (Wildman–Crippen MR) is 102 cm³/mol. The van der Waals surface area contributed by atoms with Gasteiger partial charge in [-0.1, -0.05) is 29.8 Å². The van der Waals surface area contributed by atoms with E-state index < -0.39 is 6.04 Å². The molecule has 25 heavy (non-hydrogen) atoms. The van der Waals surface area contributed by atoms with Crippen molar-refractivity contribution < 1.29 is 9.59 Å². The number of thiophene rings is 1. The van der Waals surface area contributed by atoms with Crippen LogP contribution in [0.15, 0.2) is 24.3 Å². The Bertz CT molecular complexity index is 790. The number of hydrogen-bond acceptors (Lipinski definition) is 4. The van der Waals surface area contributed by atoms with Gasteiger partial charge in [-0.3, -0.25) is 14.5 Å². The molecule has 1 aromatic carbocycles. The van der Waals surface area contributed by atoms with Crippen molar-refractivity contribution >= 4 is 44.8 Å². The van der Waals surface area contributed by atoms with Gasteiger partial charge in [0.1, 0.15) is 0 Å². The van der Waals surface area contributed by atoms with Gasteiger partial charge < -0.3 is 10.6 Å². The van der Waals surface area contributed by atoms with Crippen molar-refractivity contribution in [2.75, 3.05) is 13.1 Å². The summed E-state index contributed by atoms with van der Waals surface area (Å²) in [6.45, 7) is 5.87. The zero-order chi connectivity index (χ0) is 18.0. The highest BCUT2D eigenvalue weighted by Crippen LogP contribution is 2.34. The Labute approximate surface area is 156 Å². The minimum atomic E-state index is -0.411. The Hall–Kier alpha value is -1.63.